The topological polar surface area (TPSA) is 66.0 Å². The van der Waals surface area contributed by atoms with E-state index in [2.05, 4.69) is 25.2 Å². The summed E-state index contributed by atoms with van der Waals surface area (Å²) in [4.78, 5) is 27.3. The largest absolute Gasteiger partial charge is 0.346 e. The van der Waals surface area contributed by atoms with Crippen molar-refractivity contribution in [1.82, 2.24) is 0 Å². The second-order valence-electron chi connectivity index (χ2n) is 10.6. The number of carbonyl (C=O) groups is 1. The Bertz CT molecular complexity index is 909. The van der Waals surface area contributed by atoms with Gasteiger partial charge in [-0.05, 0) is 81.1 Å². The lowest BCUT2D eigenvalue weighted by molar-refractivity contribution is -0.571. The van der Waals surface area contributed by atoms with E-state index in [0.717, 1.165) is 34.7 Å². The molecule has 0 aromatic heterocycles. The summed E-state index contributed by atoms with van der Waals surface area (Å²) in [5.74, 6) is 0.722. The van der Waals surface area contributed by atoms with Crippen molar-refractivity contribution in [3.63, 3.8) is 0 Å². The van der Waals surface area contributed by atoms with Gasteiger partial charge in [0.2, 0.25) is 11.7 Å². The maximum Gasteiger partial charge on any atom is 0.224 e. The number of benzene rings is 1. The smallest absolute Gasteiger partial charge is 0.224 e. The number of ether oxygens (including phenoxy) is 2. The van der Waals surface area contributed by atoms with Crippen LogP contribution in [0.3, 0.4) is 0 Å². The highest BCUT2D eigenvalue weighted by Crippen LogP contribution is 2.60. The third-order valence-electron chi connectivity index (χ3n) is 8.59. The highest BCUT2D eigenvalue weighted by atomic mass is 32.2. The monoisotopic (exact) mass is 523 g/mol. The highest BCUT2D eigenvalue weighted by molar-refractivity contribution is 7.99. The summed E-state index contributed by atoms with van der Waals surface area (Å²) in [6.07, 6.45) is 8.77. The number of hydrogen-bond donors (Lipinski definition) is 1. The van der Waals surface area contributed by atoms with Crippen LogP contribution in [0, 0.1) is 23.7 Å². The van der Waals surface area contributed by atoms with E-state index in [9.17, 15) is 4.79 Å². The fraction of sp³-hybridized carbons (Fsp3) is 0.741. The van der Waals surface area contributed by atoms with Crippen molar-refractivity contribution >= 4 is 35.1 Å². The van der Waals surface area contributed by atoms with Crippen LogP contribution in [0.5, 0.6) is 0 Å². The molecule has 0 radical (unpaired) electrons. The molecule has 4 aliphatic heterocycles. The number of nitrogens with one attached hydrogen (secondary N) is 1. The zero-order chi connectivity index (χ0) is 24.1. The van der Waals surface area contributed by atoms with Crippen LogP contribution in [0.2, 0.25) is 0 Å². The van der Waals surface area contributed by atoms with Crippen LogP contribution < -0.4 is 5.32 Å². The predicted octanol–water partition coefficient (Wildman–Crippen LogP) is 6.74. The minimum Gasteiger partial charge on any atom is -0.346 e. The van der Waals surface area contributed by atoms with Gasteiger partial charge in [0.1, 0.15) is 0 Å². The molecule has 4 heterocycles. The standard InChI is InChI=1S/C26H37NO5S2.CH4/c1-15-6-7-21-16(2)22(29-24-26(21)20(15)10-11-25(3,30-24)31-32-26)8-9-23(28)27-17-12-18(33-4)14-19(13-17)34-5;/h12-16,20-22,24H,6-11H2,1-5H3,(H,27,28);1H4/t15-,16-,20+,21+,22-,24-,25-,26-;/m1./s1. The predicted molar refractivity (Wildman–Crippen MR) is 141 cm³/mol. The molecule has 1 aliphatic carbocycles. The van der Waals surface area contributed by atoms with E-state index >= 15 is 0 Å². The first-order valence-electron chi connectivity index (χ1n) is 12.5. The molecule has 4 saturated heterocycles. The normalized spacial score (nSPS) is 39.8. The van der Waals surface area contributed by atoms with Crippen molar-refractivity contribution in [1.29, 1.82) is 0 Å². The van der Waals surface area contributed by atoms with E-state index in [0.29, 0.717) is 30.6 Å². The van der Waals surface area contributed by atoms with Gasteiger partial charge in [0, 0.05) is 34.2 Å². The minimum absolute atomic E-state index is 0. The molecule has 5 fully saturated rings. The van der Waals surface area contributed by atoms with Crippen molar-refractivity contribution in [2.24, 2.45) is 23.7 Å². The molecular weight excluding hydrogens is 482 g/mol. The molecule has 1 N–H and O–H groups in total. The van der Waals surface area contributed by atoms with Crippen LogP contribution in [0.25, 0.3) is 0 Å². The number of carbonyl (C=O) groups excluding carboxylic acids is 1. The first-order valence-corrected chi connectivity index (χ1v) is 15.0. The molecule has 196 valence electrons. The van der Waals surface area contributed by atoms with E-state index in [1.54, 1.807) is 23.5 Å². The van der Waals surface area contributed by atoms with Crippen LogP contribution in [0.1, 0.15) is 66.7 Å². The summed E-state index contributed by atoms with van der Waals surface area (Å²) in [6.45, 7) is 6.53. The first-order chi connectivity index (χ1) is 16.3. The quantitative estimate of drug-likeness (QED) is 0.327. The summed E-state index contributed by atoms with van der Waals surface area (Å²) in [6, 6.07) is 6.20. The molecular formula is C27H41NO5S2. The molecule has 6 rings (SSSR count). The molecule has 6 nitrogen and oxygen atoms in total. The van der Waals surface area contributed by atoms with Crippen LogP contribution in [-0.2, 0) is 24.0 Å². The average Bonchev–Trinajstić information content (AvgIpc) is 3.06. The highest BCUT2D eigenvalue weighted by Gasteiger charge is 2.69. The Hall–Kier alpha value is -0.770. The molecule has 35 heavy (non-hydrogen) atoms. The lowest BCUT2D eigenvalue weighted by atomic mass is 9.57. The summed E-state index contributed by atoms with van der Waals surface area (Å²) < 4.78 is 13.1. The second kappa shape index (κ2) is 10.5. The van der Waals surface area contributed by atoms with Gasteiger partial charge in [0.05, 0.1) is 6.10 Å². The lowest BCUT2D eigenvalue weighted by Crippen LogP contribution is -2.70. The molecule has 2 bridgehead atoms. The van der Waals surface area contributed by atoms with E-state index in [4.69, 9.17) is 19.2 Å². The van der Waals surface area contributed by atoms with E-state index in [1.165, 1.54) is 6.42 Å². The van der Waals surface area contributed by atoms with Gasteiger partial charge in [-0.2, -0.15) is 0 Å². The molecule has 8 heteroatoms. The van der Waals surface area contributed by atoms with Gasteiger partial charge in [0.15, 0.2) is 11.9 Å². The molecule has 8 atom stereocenters. The maximum atomic E-state index is 12.9. The van der Waals surface area contributed by atoms with Crippen molar-refractivity contribution in [2.75, 3.05) is 17.8 Å². The van der Waals surface area contributed by atoms with E-state index in [1.807, 2.05) is 31.6 Å². The van der Waals surface area contributed by atoms with Gasteiger partial charge in [0.25, 0.3) is 0 Å². The molecule has 1 aromatic rings. The Labute approximate surface area is 218 Å². The Morgan fingerprint density at radius 2 is 1.77 bits per heavy atom. The van der Waals surface area contributed by atoms with Gasteiger partial charge >= 0.3 is 0 Å². The van der Waals surface area contributed by atoms with Gasteiger partial charge in [-0.25, -0.2) is 9.78 Å². The number of amides is 1. The Balaban J connectivity index is 0.00000289. The Morgan fingerprint density at radius 3 is 2.46 bits per heavy atom. The maximum absolute atomic E-state index is 12.9. The molecule has 1 aromatic carbocycles. The molecule has 5 aliphatic rings. The number of rotatable bonds is 6. The number of anilines is 1. The first kappa shape index (κ1) is 27.3. The number of fused-ring (bicyclic) bond motifs is 2. The van der Waals surface area contributed by atoms with Crippen LogP contribution >= 0.6 is 23.5 Å². The van der Waals surface area contributed by atoms with Crippen molar-refractivity contribution < 1.29 is 24.0 Å². The van der Waals surface area contributed by atoms with Crippen molar-refractivity contribution in [3.05, 3.63) is 18.2 Å². The molecule has 1 amide bonds. The third kappa shape index (κ3) is 4.91. The number of hydrogen-bond acceptors (Lipinski definition) is 7. The van der Waals surface area contributed by atoms with Crippen molar-refractivity contribution in [3.8, 4) is 0 Å². The van der Waals surface area contributed by atoms with E-state index in [-0.39, 0.29) is 25.4 Å². The summed E-state index contributed by atoms with van der Waals surface area (Å²) >= 11 is 3.36. The zero-order valence-electron chi connectivity index (χ0n) is 20.8. The summed E-state index contributed by atoms with van der Waals surface area (Å²) in [5, 5.41) is 3.10. The minimum atomic E-state index is -0.767. The van der Waals surface area contributed by atoms with Gasteiger partial charge in [-0.15, -0.1) is 23.5 Å². The Morgan fingerprint density at radius 1 is 1.06 bits per heavy atom. The van der Waals surface area contributed by atoms with E-state index < -0.39 is 17.7 Å². The second-order valence-corrected chi connectivity index (χ2v) is 12.4. The van der Waals surface area contributed by atoms with Crippen LogP contribution in [0.15, 0.2) is 28.0 Å². The van der Waals surface area contributed by atoms with Gasteiger partial charge in [-0.1, -0.05) is 21.3 Å². The average molecular weight is 524 g/mol. The van der Waals surface area contributed by atoms with Gasteiger partial charge in [-0.3, -0.25) is 4.79 Å². The summed E-state index contributed by atoms with van der Waals surface area (Å²) in [7, 11) is 0. The van der Waals surface area contributed by atoms with Gasteiger partial charge < -0.3 is 14.8 Å². The van der Waals surface area contributed by atoms with Crippen LogP contribution in [0.4, 0.5) is 5.69 Å². The fourth-order valence-electron chi connectivity index (χ4n) is 6.69. The SMILES string of the molecule is C.CSc1cc(NC(=O)CC[C@H]2O[C@@H]3O[C@@]4(C)CC[C@H]5[C@H](C)CC[C@@H]([C@H]2C)[C@@]35OO4)cc(SC)c1. The third-order valence-corrected chi connectivity index (χ3v) is 10.0. The number of thioether (sulfide) groups is 2. The molecule has 0 unspecified atom stereocenters. The Kier molecular flexibility index (Phi) is 8.21. The zero-order valence-corrected chi connectivity index (χ0v) is 22.4. The molecule has 1 saturated carbocycles. The molecule has 1 spiro atoms. The lowest BCUT2D eigenvalue weighted by Gasteiger charge is -2.60. The van der Waals surface area contributed by atoms with Crippen molar-refractivity contribution in [2.45, 2.75) is 100 Å². The fourth-order valence-corrected chi connectivity index (χ4v) is 7.74. The van der Waals surface area contributed by atoms with Crippen LogP contribution in [-0.4, -0.2) is 42.2 Å². The summed E-state index contributed by atoms with van der Waals surface area (Å²) in [5.41, 5.74) is 0.308.